The maximum absolute atomic E-state index is 12.1. The maximum Gasteiger partial charge on any atom is 0.335 e. The molecule has 2 unspecified atom stereocenters. The molecular weight excluding hydrogens is 302 g/mol. The van der Waals surface area contributed by atoms with Gasteiger partial charge in [-0.05, 0) is 36.6 Å². The van der Waals surface area contributed by atoms with Gasteiger partial charge < -0.3 is 10.4 Å². The first kappa shape index (κ1) is 17.7. The van der Waals surface area contributed by atoms with Crippen LogP contribution in [0.2, 0.25) is 0 Å². The smallest absolute Gasteiger partial charge is 0.335 e. The van der Waals surface area contributed by atoms with Crippen LogP contribution in [0.15, 0.2) is 54.6 Å². The summed E-state index contributed by atoms with van der Waals surface area (Å²) in [6, 6.07) is 16.8. The molecule has 2 aromatic carbocycles. The van der Waals surface area contributed by atoms with Crippen molar-refractivity contribution < 1.29 is 14.7 Å². The van der Waals surface area contributed by atoms with Crippen LogP contribution in [0, 0.1) is 0 Å². The van der Waals surface area contributed by atoms with E-state index in [0.717, 1.165) is 5.56 Å². The molecule has 0 spiro atoms. The van der Waals surface area contributed by atoms with E-state index in [9.17, 15) is 9.59 Å². The first-order valence-corrected chi connectivity index (χ1v) is 8.14. The molecule has 0 bridgehead atoms. The van der Waals surface area contributed by atoms with E-state index < -0.39 is 5.97 Å². The molecule has 4 nitrogen and oxygen atoms in total. The Morgan fingerprint density at radius 3 is 2.21 bits per heavy atom. The SMILES string of the molecule is CC(NC(=O)CCc1ccc(C(=O)O)cc1)C(C)c1ccccc1. The molecule has 126 valence electrons. The number of benzene rings is 2. The van der Waals surface area contributed by atoms with Gasteiger partial charge in [-0.25, -0.2) is 4.79 Å². The fraction of sp³-hybridized carbons (Fsp3) is 0.300. The molecule has 2 N–H and O–H groups in total. The second kappa shape index (κ2) is 8.29. The standard InChI is InChI=1S/C20H23NO3/c1-14(17-6-4-3-5-7-17)15(2)21-19(22)13-10-16-8-11-18(12-9-16)20(23)24/h3-9,11-12,14-15H,10,13H2,1-2H3,(H,21,22)(H,23,24). The van der Waals surface area contributed by atoms with Gasteiger partial charge in [0.05, 0.1) is 5.56 Å². The predicted molar refractivity (Wildman–Crippen MR) is 94.2 cm³/mol. The monoisotopic (exact) mass is 325 g/mol. The molecule has 2 atom stereocenters. The van der Waals surface area contributed by atoms with E-state index in [-0.39, 0.29) is 23.4 Å². The van der Waals surface area contributed by atoms with Gasteiger partial charge in [-0.1, -0.05) is 49.4 Å². The van der Waals surface area contributed by atoms with Crippen LogP contribution in [0.25, 0.3) is 0 Å². The average molecular weight is 325 g/mol. The molecule has 0 aliphatic rings. The minimum atomic E-state index is -0.942. The van der Waals surface area contributed by atoms with Gasteiger partial charge in [0.25, 0.3) is 0 Å². The third kappa shape index (κ3) is 4.95. The van der Waals surface area contributed by atoms with E-state index in [0.29, 0.717) is 12.8 Å². The minimum Gasteiger partial charge on any atom is -0.478 e. The number of carbonyl (C=O) groups excluding carboxylic acids is 1. The average Bonchev–Trinajstić information content (AvgIpc) is 2.60. The Kier molecular flexibility index (Phi) is 6.13. The zero-order valence-corrected chi connectivity index (χ0v) is 14.0. The first-order valence-electron chi connectivity index (χ1n) is 8.14. The number of carboxylic acid groups (broad SMARTS) is 1. The Morgan fingerprint density at radius 1 is 1.00 bits per heavy atom. The van der Waals surface area contributed by atoms with Crippen molar-refractivity contribution in [1.82, 2.24) is 5.32 Å². The summed E-state index contributed by atoms with van der Waals surface area (Å²) in [5, 5.41) is 11.9. The molecule has 4 heteroatoms. The number of hydrogen-bond donors (Lipinski definition) is 2. The quantitative estimate of drug-likeness (QED) is 0.817. The van der Waals surface area contributed by atoms with Crippen molar-refractivity contribution in [2.45, 2.75) is 38.6 Å². The number of aromatic carboxylic acids is 1. The first-order chi connectivity index (χ1) is 11.5. The fourth-order valence-electron chi connectivity index (χ4n) is 2.57. The molecule has 0 fully saturated rings. The van der Waals surface area contributed by atoms with Crippen LogP contribution < -0.4 is 5.32 Å². The Balaban J connectivity index is 1.83. The summed E-state index contributed by atoms with van der Waals surface area (Å²) in [7, 11) is 0. The van der Waals surface area contributed by atoms with Crippen LogP contribution in [0.1, 0.15) is 47.7 Å². The van der Waals surface area contributed by atoms with Gasteiger partial charge in [0, 0.05) is 18.4 Å². The topological polar surface area (TPSA) is 66.4 Å². The van der Waals surface area contributed by atoms with E-state index in [4.69, 9.17) is 5.11 Å². The second-order valence-electron chi connectivity index (χ2n) is 6.06. The number of nitrogens with one attached hydrogen (secondary N) is 1. The lowest BCUT2D eigenvalue weighted by Crippen LogP contribution is -2.36. The fourth-order valence-corrected chi connectivity index (χ4v) is 2.57. The van der Waals surface area contributed by atoms with Gasteiger partial charge in [-0.15, -0.1) is 0 Å². The highest BCUT2D eigenvalue weighted by Crippen LogP contribution is 2.18. The van der Waals surface area contributed by atoms with Crippen LogP contribution in [0.4, 0.5) is 0 Å². The van der Waals surface area contributed by atoms with Gasteiger partial charge >= 0.3 is 5.97 Å². The summed E-state index contributed by atoms with van der Waals surface area (Å²) < 4.78 is 0. The van der Waals surface area contributed by atoms with Crippen molar-refractivity contribution in [3.05, 3.63) is 71.3 Å². The van der Waals surface area contributed by atoms with Crippen LogP contribution in [0.3, 0.4) is 0 Å². The van der Waals surface area contributed by atoms with Gasteiger partial charge in [0.15, 0.2) is 0 Å². The summed E-state index contributed by atoms with van der Waals surface area (Å²) in [4.78, 5) is 22.9. The molecule has 0 radical (unpaired) electrons. The molecule has 0 heterocycles. The highest BCUT2D eigenvalue weighted by Gasteiger charge is 2.16. The van der Waals surface area contributed by atoms with Gasteiger partial charge in [-0.2, -0.15) is 0 Å². The Bertz CT molecular complexity index is 680. The number of carbonyl (C=O) groups is 2. The number of hydrogen-bond acceptors (Lipinski definition) is 2. The lowest BCUT2D eigenvalue weighted by molar-refractivity contribution is -0.121. The molecule has 0 saturated carbocycles. The molecule has 0 aliphatic carbocycles. The van der Waals surface area contributed by atoms with Crippen molar-refractivity contribution in [3.8, 4) is 0 Å². The highest BCUT2D eigenvalue weighted by atomic mass is 16.4. The highest BCUT2D eigenvalue weighted by molar-refractivity contribution is 5.87. The Morgan fingerprint density at radius 2 is 1.62 bits per heavy atom. The van der Waals surface area contributed by atoms with Crippen molar-refractivity contribution in [3.63, 3.8) is 0 Å². The van der Waals surface area contributed by atoms with Gasteiger partial charge in [0.2, 0.25) is 5.91 Å². The van der Waals surface area contributed by atoms with E-state index in [1.54, 1.807) is 24.3 Å². The summed E-state index contributed by atoms with van der Waals surface area (Å²) in [6.07, 6.45) is 0.983. The maximum atomic E-state index is 12.1. The van der Waals surface area contributed by atoms with Crippen LogP contribution in [-0.2, 0) is 11.2 Å². The van der Waals surface area contributed by atoms with Crippen LogP contribution in [-0.4, -0.2) is 23.0 Å². The number of aryl methyl sites for hydroxylation is 1. The zero-order valence-electron chi connectivity index (χ0n) is 14.0. The molecule has 0 aliphatic heterocycles. The zero-order chi connectivity index (χ0) is 17.5. The largest absolute Gasteiger partial charge is 0.478 e. The molecule has 24 heavy (non-hydrogen) atoms. The Hall–Kier alpha value is -2.62. The van der Waals surface area contributed by atoms with Crippen LogP contribution in [0.5, 0.6) is 0 Å². The van der Waals surface area contributed by atoms with Crippen molar-refractivity contribution >= 4 is 11.9 Å². The van der Waals surface area contributed by atoms with E-state index in [1.165, 1.54) is 5.56 Å². The number of amides is 1. The summed E-state index contributed by atoms with van der Waals surface area (Å²) >= 11 is 0. The predicted octanol–water partition coefficient (Wildman–Crippen LogP) is 3.63. The molecular formula is C20H23NO3. The van der Waals surface area contributed by atoms with Crippen LogP contribution >= 0.6 is 0 Å². The van der Waals surface area contributed by atoms with Crippen molar-refractivity contribution in [2.24, 2.45) is 0 Å². The van der Waals surface area contributed by atoms with E-state index in [2.05, 4.69) is 24.4 Å². The molecule has 1 amide bonds. The number of rotatable bonds is 7. The summed E-state index contributed by atoms with van der Waals surface area (Å²) in [5.74, 6) is -0.694. The van der Waals surface area contributed by atoms with Gasteiger partial charge in [0.1, 0.15) is 0 Å². The molecule has 0 saturated heterocycles. The normalized spacial score (nSPS) is 13.1. The summed E-state index contributed by atoms with van der Waals surface area (Å²) in [6.45, 7) is 4.11. The second-order valence-corrected chi connectivity index (χ2v) is 6.06. The Labute approximate surface area is 142 Å². The lowest BCUT2D eigenvalue weighted by Gasteiger charge is -2.21. The third-order valence-electron chi connectivity index (χ3n) is 4.31. The third-order valence-corrected chi connectivity index (χ3v) is 4.31. The van der Waals surface area contributed by atoms with Crippen molar-refractivity contribution in [1.29, 1.82) is 0 Å². The lowest BCUT2D eigenvalue weighted by atomic mass is 9.94. The molecule has 2 rings (SSSR count). The molecule has 0 aromatic heterocycles. The van der Waals surface area contributed by atoms with Crippen molar-refractivity contribution in [2.75, 3.05) is 0 Å². The van der Waals surface area contributed by atoms with Gasteiger partial charge in [-0.3, -0.25) is 4.79 Å². The minimum absolute atomic E-state index is 0.00703. The number of carboxylic acids is 1. The summed E-state index contributed by atoms with van der Waals surface area (Å²) in [5.41, 5.74) is 2.42. The van der Waals surface area contributed by atoms with E-state index >= 15 is 0 Å². The van der Waals surface area contributed by atoms with E-state index in [1.807, 2.05) is 25.1 Å². The molecule has 2 aromatic rings.